The number of benzene rings is 1. The Morgan fingerprint density at radius 1 is 0.786 bits per heavy atom. The number of anilines is 1. The predicted molar refractivity (Wildman–Crippen MR) is 124 cm³/mol. The highest BCUT2D eigenvalue weighted by Gasteiger charge is 2.06. The van der Waals surface area contributed by atoms with Crippen LogP contribution in [0.3, 0.4) is 0 Å². The molecule has 0 heterocycles. The molecule has 2 nitrogen and oxygen atoms in total. The van der Waals surface area contributed by atoms with Gasteiger partial charge in [-0.05, 0) is 57.1 Å². The van der Waals surface area contributed by atoms with Crippen LogP contribution < -0.4 is 5.32 Å². The van der Waals surface area contributed by atoms with Gasteiger partial charge in [0.05, 0.1) is 0 Å². The van der Waals surface area contributed by atoms with Gasteiger partial charge in [0, 0.05) is 12.1 Å². The first-order valence-corrected chi connectivity index (χ1v) is 11.7. The van der Waals surface area contributed by atoms with E-state index in [2.05, 4.69) is 24.4 Å². The van der Waals surface area contributed by atoms with Gasteiger partial charge in [0.25, 0.3) is 0 Å². The number of unbranched alkanes of at least 4 members (excludes halogenated alkanes) is 11. The highest BCUT2D eigenvalue weighted by Crippen LogP contribution is 2.20. The van der Waals surface area contributed by atoms with Gasteiger partial charge in [0.2, 0.25) is 5.91 Å². The molecule has 0 aliphatic heterocycles. The molecular formula is C26H43NO. The van der Waals surface area contributed by atoms with E-state index in [9.17, 15) is 4.79 Å². The first kappa shape index (κ1) is 24.5. The van der Waals surface area contributed by atoms with Gasteiger partial charge in [-0.3, -0.25) is 4.79 Å². The topological polar surface area (TPSA) is 29.1 Å². The van der Waals surface area contributed by atoms with Crippen LogP contribution in [0.1, 0.15) is 108 Å². The number of para-hydroxylation sites is 1. The second-order valence-electron chi connectivity index (χ2n) is 8.15. The maximum Gasteiger partial charge on any atom is 0.224 e. The summed E-state index contributed by atoms with van der Waals surface area (Å²) in [5, 5.41) is 3.08. The van der Waals surface area contributed by atoms with Crippen LogP contribution in [0.4, 0.5) is 5.69 Å². The Bertz CT molecular complexity index is 541. The van der Waals surface area contributed by atoms with Crippen LogP contribution in [0.5, 0.6) is 0 Å². The molecular weight excluding hydrogens is 342 g/mol. The van der Waals surface area contributed by atoms with E-state index in [0.29, 0.717) is 6.42 Å². The predicted octanol–water partition coefficient (Wildman–Crippen LogP) is 8.28. The highest BCUT2D eigenvalue weighted by atomic mass is 16.1. The zero-order valence-electron chi connectivity index (χ0n) is 18.7. The molecule has 0 radical (unpaired) electrons. The number of nitrogens with one attached hydrogen (secondary N) is 1. The molecule has 158 valence electrons. The van der Waals surface area contributed by atoms with Crippen molar-refractivity contribution in [3.63, 3.8) is 0 Å². The lowest BCUT2D eigenvalue weighted by Crippen LogP contribution is -2.13. The summed E-state index contributed by atoms with van der Waals surface area (Å²) in [7, 11) is 0. The molecule has 1 N–H and O–H groups in total. The van der Waals surface area contributed by atoms with Crippen molar-refractivity contribution in [2.45, 2.75) is 111 Å². The normalized spacial score (nSPS) is 11.2. The molecule has 0 aliphatic carbocycles. The lowest BCUT2D eigenvalue weighted by Gasteiger charge is -2.11. The first-order chi connectivity index (χ1) is 13.6. The van der Waals surface area contributed by atoms with E-state index in [1.165, 1.54) is 70.6 Å². The molecule has 0 aromatic heterocycles. The minimum Gasteiger partial charge on any atom is -0.326 e. The van der Waals surface area contributed by atoms with Crippen molar-refractivity contribution in [1.29, 1.82) is 0 Å². The summed E-state index contributed by atoms with van der Waals surface area (Å²) in [5.74, 6) is 0.148. The van der Waals surface area contributed by atoms with Gasteiger partial charge in [-0.2, -0.15) is 0 Å². The van der Waals surface area contributed by atoms with Gasteiger partial charge in [0.15, 0.2) is 0 Å². The molecule has 0 unspecified atom stereocenters. The summed E-state index contributed by atoms with van der Waals surface area (Å²) in [6.07, 6.45) is 22.1. The summed E-state index contributed by atoms with van der Waals surface area (Å²) in [6.45, 7) is 6.36. The van der Waals surface area contributed by atoms with Crippen molar-refractivity contribution in [3.8, 4) is 0 Å². The number of carbonyl (C=O) groups excluding carboxylic acids is 1. The fraction of sp³-hybridized carbons (Fsp3) is 0.654. The van der Waals surface area contributed by atoms with Crippen LogP contribution in [0.25, 0.3) is 0 Å². The van der Waals surface area contributed by atoms with Gasteiger partial charge in [-0.25, -0.2) is 0 Å². The Morgan fingerprint density at radius 2 is 1.29 bits per heavy atom. The van der Waals surface area contributed by atoms with Crippen molar-refractivity contribution in [2.75, 3.05) is 5.32 Å². The van der Waals surface area contributed by atoms with Crippen molar-refractivity contribution >= 4 is 11.6 Å². The number of amides is 1. The molecule has 1 aromatic rings. The third-order valence-corrected chi connectivity index (χ3v) is 5.41. The zero-order chi connectivity index (χ0) is 20.5. The SMILES string of the molecule is CCCCCCCC/C=C\CCCCCCCC(=O)Nc1c(C)cccc1C. The van der Waals surface area contributed by atoms with Crippen LogP contribution >= 0.6 is 0 Å². The third kappa shape index (κ3) is 12.0. The Balaban J connectivity index is 1.93. The van der Waals surface area contributed by atoms with E-state index < -0.39 is 0 Å². The largest absolute Gasteiger partial charge is 0.326 e. The van der Waals surface area contributed by atoms with Crippen LogP contribution in [0.2, 0.25) is 0 Å². The van der Waals surface area contributed by atoms with Crippen LogP contribution in [-0.2, 0) is 4.79 Å². The van der Waals surface area contributed by atoms with E-state index in [1.807, 2.05) is 32.0 Å². The minimum absolute atomic E-state index is 0.148. The van der Waals surface area contributed by atoms with E-state index in [4.69, 9.17) is 0 Å². The Morgan fingerprint density at radius 3 is 1.86 bits per heavy atom. The molecule has 1 rings (SSSR count). The number of hydrogen-bond donors (Lipinski definition) is 1. The molecule has 2 heteroatoms. The van der Waals surface area contributed by atoms with Crippen molar-refractivity contribution < 1.29 is 4.79 Å². The molecule has 0 fully saturated rings. The number of allylic oxidation sites excluding steroid dienone is 2. The maximum absolute atomic E-state index is 12.1. The molecule has 1 amide bonds. The average Bonchev–Trinajstić information content (AvgIpc) is 2.68. The summed E-state index contributed by atoms with van der Waals surface area (Å²) in [5.41, 5.74) is 3.26. The fourth-order valence-electron chi connectivity index (χ4n) is 3.57. The average molecular weight is 386 g/mol. The number of hydrogen-bond acceptors (Lipinski definition) is 1. The second kappa shape index (κ2) is 16.4. The summed E-state index contributed by atoms with van der Waals surface area (Å²) in [6, 6.07) is 6.12. The second-order valence-corrected chi connectivity index (χ2v) is 8.15. The molecule has 0 spiro atoms. The Labute approximate surface area is 174 Å². The van der Waals surface area contributed by atoms with Crippen LogP contribution in [0.15, 0.2) is 30.4 Å². The van der Waals surface area contributed by atoms with E-state index in [-0.39, 0.29) is 5.91 Å². The molecule has 28 heavy (non-hydrogen) atoms. The maximum atomic E-state index is 12.1. The van der Waals surface area contributed by atoms with Gasteiger partial charge in [0.1, 0.15) is 0 Å². The van der Waals surface area contributed by atoms with Crippen LogP contribution in [-0.4, -0.2) is 5.91 Å². The van der Waals surface area contributed by atoms with E-state index >= 15 is 0 Å². The highest BCUT2D eigenvalue weighted by molar-refractivity contribution is 5.92. The van der Waals surface area contributed by atoms with Crippen molar-refractivity contribution in [3.05, 3.63) is 41.5 Å². The lowest BCUT2D eigenvalue weighted by molar-refractivity contribution is -0.116. The number of carbonyl (C=O) groups is 1. The summed E-state index contributed by atoms with van der Waals surface area (Å²) in [4.78, 5) is 12.1. The number of rotatable bonds is 16. The fourth-order valence-corrected chi connectivity index (χ4v) is 3.57. The minimum atomic E-state index is 0.148. The van der Waals surface area contributed by atoms with Gasteiger partial charge < -0.3 is 5.32 Å². The van der Waals surface area contributed by atoms with E-state index in [0.717, 1.165) is 29.7 Å². The third-order valence-electron chi connectivity index (χ3n) is 5.41. The molecule has 0 saturated heterocycles. The molecule has 0 atom stereocenters. The standard InChI is InChI=1S/C26H43NO/c1-4-5-6-7-8-9-10-11-12-13-14-15-16-17-18-22-25(28)27-26-23(2)20-19-21-24(26)3/h11-12,19-21H,4-10,13-18,22H2,1-3H3,(H,27,28)/b12-11-. The Kier molecular flexibility index (Phi) is 14.3. The first-order valence-electron chi connectivity index (χ1n) is 11.7. The van der Waals surface area contributed by atoms with Crippen molar-refractivity contribution in [2.24, 2.45) is 0 Å². The Hall–Kier alpha value is -1.57. The monoisotopic (exact) mass is 385 g/mol. The van der Waals surface area contributed by atoms with Crippen molar-refractivity contribution in [1.82, 2.24) is 0 Å². The van der Waals surface area contributed by atoms with Gasteiger partial charge in [-0.15, -0.1) is 0 Å². The van der Waals surface area contributed by atoms with E-state index in [1.54, 1.807) is 0 Å². The summed E-state index contributed by atoms with van der Waals surface area (Å²) < 4.78 is 0. The quantitative estimate of drug-likeness (QED) is 0.225. The lowest BCUT2D eigenvalue weighted by atomic mass is 10.1. The smallest absolute Gasteiger partial charge is 0.224 e. The molecule has 0 saturated carbocycles. The summed E-state index contributed by atoms with van der Waals surface area (Å²) >= 11 is 0. The van der Waals surface area contributed by atoms with Gasteiger partial charge >= 0.3 is 0 Å². The number of aryl methyl sites for hydroxylation is 2. The molecule has 1 aromatic carbocycles. The zero-order valence-corrected chi connectivity index (χ0v) is 18.7. The molecule has 0 aliphatic rings. The van der Waals surface area contributed by atoms with Crippen LogP contribution in [0, 0.1) is 13.8 Å². The molecule has 0 bridgehead atoms. The van der Waals surface area contributed by atoms with Gasteiger partial charge in [-0.1, -0.05) is 88.6 Å².